The number of hydrogen-bond acceptors (Lipinski definition) is 1. The number of amides is 1. The van der Waals surface area contributed by atoms with Gasteiger partial charge in [-0.25, -0.2) is 6.57 Å². The quantitative estimate of drug-likeness (QED) is 0.542. The van der Waals surface area contributed by atoms with Gasteiger partial charge < -0.3 is 0 Å². The monoisotopic (exact) mass is 166 g/mol. The molecule has 0 saturated carbocycles. The van der Waals surface area contributed by atoms with Gasteiger partial charge in [-0.2, -0.15) is 0 Å². The van der Waals surface area contributed by atoms with E-state index in [-0.39, 0.29) is 18.0 Å². The van der Waals surface area contributed by atoms with Crippen LogP contribution in [0.15, 0.2) is 0 Å². The number of carbonyl (C=O) groups is 1. The maximum atomic E-state index is 11.5. The van der Waals surface area contributed by atoms with Crippen LogP contribution in [0.1, 0.15) is 26.7 Å². The van der Waals surface area contributed by atoms with Crippen LogP contribution >= 0.6 is 0 Å². The number of likely N-dealkylation sites (tertiary alicyclic amines) is 1. The summed E-state index contributed by atoms with van der Waals surface area (Å²) in [7, 11) is 0. The summed E-state index contributed by atoms with van der Waals surface area (Å²) in [5, 5.41) is 0. The van der Waals surface area contributed by atoms with E-state index < -0.39 is 0 Å². The molecule has 66 valence electrons. The first-order chi connectivity index (χ1) is 5.66. The second-order valence-electron chi connectivity index (χ2n) is 3.44. The Morgan fingerprint density at radius 3 is 2.83 bits per heavy atom. The van der Waals surface area contributed by atoms with E-state index in [2.05, 4.69) is 4.85 Å². The van der Waals surface area contributed by atoms with Crippen molar-refractivity contribution in [2.45, 2.75) is 32.9 Å². The van der Waals surface area contributed by atoms with E-state index in [1.54, 1.807) is 4.90 Å². The number of carbonyl (C=O) groups excluding carboxylic acids is 1. The molecule has 1 aliphatic heterocycles. The fraction of sp³-hybridized carbons (Fsp3) is 0.778. The maximum Gasteiger partial charge on any atom is 0.300 e. The highest BCUT2D eigenvalue weighted by Gasteiger charge is 2.33. The van der Waals surface area contributed by atoms with Gasteiger partial charge in [0, 0.05) is 18.9 Å². The summed E-state index contributed by atoms with van der Waals surface area (Å²) < 4.78 is 0. The van der Waals surface area contributed by atoms with Gasteiger partial charge >= 0.3 is 6.17 Å². The molecule has 1 atom stereocenters. The van der Waals surface area contributed by atoms with Crippen molar-refractivity contribution in [3.63, 3.8) is 0 Å². The maximum absolute atomic E-state index is 11.5. The van der Waals surface area contributed by atoms with E-state index in [0.717, 1.165) is 19.4 Å². The van der Waals surface area contributed by atoms with Crippen molar-refractivity contribution in [2.75, 3.05) is 6.54 Å². The van der Waals surface area contributed by atoms with Crippen molar-refractivity contribution < 1.29 is 4.79 Å². The minimum absolute atomic E-state index is 0.0207. The first kappa shape index (κ1) is 9.05. The van der Waals surface area contributed by atoms with Gasteiger partial charge in [0.1, 0.15) is 0 Å². The molecule has 0 N–H and O–H groups in total. The highest BCUT2D eigenvalue weighted by Crippen LogP contribution is 2.20. The van der Waals surface area contributed by atoms with Crippen molar-refractivity contribution in [1.82, 2.24) is 4.90 Å². The third kappa shape index (κ3) is 1.58. The lowest BCUT2D eigenvalue weighted by molar-refractivity contribution is -0.134. The second kappa shape index (κ2) is 3.57. The average molecular weight is 166 g/mol. The first-order valence-electron chi connectivity index (χ1n) is 4.34. The molecule has 12 heavy (non-hydrogen) atoms. The largest absolute Gasteiger partial charge is 0.300 e. The molecule has 1 fully saturated rings. The number of hydrogen-bond donors (Lipinski definition) is 0. The van der Waals surface area contributed by atoms with Crippen LogP contribution in [0.2, 0.25) is 0 Å². The van der Waals surface area contributed by atoms with Crippen molar-refractivity contribution in [3.05, 3.63) is 11.4 Å². The Hall–Kier alpha value is -1.04. The summed E-state index contributed by atoms with van der Waals surface area (Å²) in [6.07, 6.45) is 1.65. The van der Waals surface area contributed by atoms with Gasteiger partial charge in [-0.3, -0.25) is 14.5 Å². The highest BCUT2D eigenvalue weighted by atomic mass is 16.2. The third-order valence-corrected chi connectivity index (χ3v) is 2.15. The summed E-state index contributed by atoms with van der Waals surface area (Å²) in [6.45, 7) is 11.4. The predicted molar refractivity (Wildman–Crippen MR) is 46.2 cm³/mol. The Morgan fingerprint density at radius 2 is 2.33 bits per heavy atom. The summed E-state index contributed by atoms with van der Waals surface area (Å²) in [4.78, 5) is 16.6. The van der Waals surface area contributed by atoms with Gasteiger partial charge in [-0.05, 0) is 6.42 Å². The van der Waals surface area contributed by atoms with Crippen molar-refractivity contribution in [2.24, 2.45) is 5.92 Å². The predicted octanol–water partition coefficient (Wildman–Crippen LogP) is 1.51. The molecule has 0 aromatic carbocycles. The van der Waals surface area contributed by atoms with E-state index in [0.29, 0.717) is 0 Å². The van der Waals surface area contributed by atoms with E-state index in [4.69, 9.17) is 6.57 Å². The Bertz CT molecular complexity index is 217. The molecule has 3 nitrogen and oxygen atoms in total. The SMILES string of the molecule is [C-]#[N+][C@@H]1CCCN1C(=O)C(C)C. The Balaban J connectivity index is 2.63. The van der Waals surface area contributed by atoms with E-state index in [1.807, 2.05) is 13.8 Å². The van der Waals surface area contributed by atoms with Gasteiger partial charge in [-0.1, -0.05) is 13.8 Å². The minimum atomic E-state index is -0.181. The Kier molecular flexibility index (Phi) is 2.69. The van der Waals surface area contributed by atoms with Crippen LogP contribution in [-0.4, -0.2) is 23.5 Å². The molecule has 0 aliphatic carbocycles. The number of rotatable bonds is 1. The molecule has 0 unspecified atom stereocenters. The lowest BCUT2D eigenvalue weighted by Crippen LogP contribution is -2.36. The molecule has 0 aromatic heterocycles. The molecule has 1 saturated heterocycles. The average Bonchev–Trinajstić information content (AvgIpc) is 2.49. The standard InChI is InChI=1S/C9H14N2O/c1-7(2)9(12)11-6-4-5-8(11)10-3/h7-8H,4-6H2,1-2H3/t8-/m0/s1. The molecular weight excluding hydrogens is 152 g/mol. The molecule has 1 aliphatic rings. The van der Waals surface area contributed by atoms with Gasteiger partial charge in [0.2, 0.25) is 5.91 Å². The van der Waals surface area contributed by atoms with Crippen LogP contribution in [0.4, 0.5) is 0 Å². The third-order valence-electron chi connectivity index (χ3n) is 2.15. The second-order valence-corrected chi connectivity index (χ2v) is 3.44. The Labute approximate surface area is 73.2 Å². The zero-order valence-electron chi connectivity index (χ0n) is 7.58. The van der Waals surface area contributed by atoms with E-state index in [1.165, 1.54) is 0 Å². The van der Waals surface area contributed by atoms with Crippen LogP contribution in [0.25, 0.3) is 4.85 Å². The van der Waals surface area contributed by atoms with Crippen LogP contribution in [-0.2, 0) is 4.79 Å². The lowest BCUT2D eigenvalue weighted by atomic mass is 10.2. The van der Waals surface area contributed by atoms with Gasteiger partial charge in [0.15, 0.2) is 0 Å². The smallest absolute Gasteiger partial charge is 0.290 e. The number of nitrogens with zero attached hydrogens (tertiary/aromatic N) is 2. The summed E-state index contributed by atoms with van der Waals surface area (Å²) in [5.74, 6) is 0.140. The fourth-order valence-electron chi connectivity index (χ4n) is 1.47. The van der Waals surface area contributed by atoms with Crippen LogP contribution in [0.5, 0.6) is 0 Å². The minimum Gasteiger partial charge on any atom is -0.290 e. The van der Waals surface area contributed by atoms with Crippen LogP contribution < -0.4 is 0 Å². The zero-order valence-corrected chi connectivity index (χ0v) is 7.58. The normalized spacial score (nSPS) is 22.8. The molecule has 1 amide bonds. The summed E-state index contributed by atoms with van der Waals surface area (Å²) >= 11 is 0. The fourth-order valence-corrected chi connectivity index (χ4v) is 1.47. The van der Waals surface area contributed by atoms with Crippen LogP contribution in [0.3, 0.4) is 0 Å². The van der Waals surface area contributed by atoms with E-state index >= 15 is 0 Å². The van der Waals surface area contributed by atoms with Gasteiger partial charge in [-0.15, -0.1) is 0 Å². The summed E-state index contributed by atoms with van der Waals surface area (Å²) in [6, 6.07) is 0. The first-order valence-corrected chi connectivity index (χ1v) is 4.34. The molecule has 0 aromatic rings. The molecule has 0 spiro atoms. The molecule has 0 radical (unpaired) electrons. The van der Waals surface area contributed by atoms with Gasteiger partial charge in [0.25, 0.3) is 0 Å². The zero-order chi connectivity index (χ0) is 9.14. The van der Waals surface area contributed by atoms with E-state index in [9.17, 15) is 4.79 Å². The topological polar surface area (TPSA) is 24.7 Å². The van der Waals surface area contributed by atoms with Crippen LogP contribution in [0, 0.1) is 12.5 Å². The van der Waals surface area contributed by atoms with Crippen molar-refractivity contribution >= 4 is 5.91 Å². The molecule has 1 heterocycles. The Morgan fingerprint density at radius 1 is 1.67 bits per heavy atom. The summed E-state index contributed by atoms with van der Waals surface area (Å²) in [5.41, 5.74) is 0. The van der Waals surface area contributed by atoms with Crippen molar-refractivity contribution in [3.8, 4) is 0 Å². The molecular formula is C9H14N2O. The molecule has 3 heteroatoms. The van der Waals surface area contributed by atoms with Gasteiger partial charge in [0.05, 0.1) is 0 Å². The lowest BCUT2D eigenvalue weighted by Gasteiger charge is -2.17. The molecule has 1 rings (SSSR count). The van der Waals surface area contributed by atoms with Crippen molar-refractivity contribution in [1.29, 1.82) is 0 Å². The highest BCUT2D eigenvalue weighted by molar-refractivity contribution is 5.78. The molecule has 0 bridgehead atoms.